The standard InChI is InChI=1S/C16H28O.C12H24O/c1-2-3-4-5-6-7-8-9-10-11-12-13-14-15-16-17;1-2-3-4-5-6-7-8-9-10-11-12-13/h10-13,16H,2-9,14-15H2,1H3;2-3,13H,4-12H2,1H3/b11-10-,13-12+;3-2+. The molecule has 0 bridgehead atoms. The second kappa shape index (κ2) is 32.5. The second-order valence-corrected chi connectivity index (χ2v) is 8.07. The maximum Gasteiger partial charge on any atom is 0.120 e. The molecule has 0 radical (unpaired) electrons. The molecule has 0 atom stereocenters. The van der Waals surface area contributed by atoms with Crippen LogP contribution in [0.25, 0.3) is 0 Å². The van der Waals surface area contributed by atoms with E-state index in [4.69, 9.17) is 5.11 Å². The molecule has 0 aliphatic rings. The van der Waals surface area contributed by atoms with E-state index in [0.29, 0.717) is 13.0 Å². The molecule has 0 heterocycles. The molecule has 0 aromatic rings. The average Bonchev–Trinajstić information content (AvgIpc) is 2.76. The van der Waals surface area contributed by atoms with Crippen LogP contribution in [0, 0.1) is 0 Å². The molecule has 0 fully saturated rings. The number of hydrogen-bond acceptors (Lipinski definition) is 2. The lowest BCUT2D eigenvalue weighted by Crippen LogP contribution is -1.83. The van der Waals surface area contributed by atoms with Crippen LogP contribution < -0.4 is 0 Å². The largest absolute Gasteiger partial charge is 0.396 e. The number of carbonyl (C=O) groups is 1. The SMILES string of the molecule is C/C=C/CCCCCCCCCO.CCCCCCCCC/C=C\C=C\CCC=O. The van der Waals surface area contributed by atoms with Crippen LogP contribution in [-0.2, 0) is 4.79 Å². The van der Waals surface area contributed by atoms with Gasteiger partial charge in [-0.25, -0.2) is 0 Å². The van der Waals surface area contributed by atoms with Crippen molar-refractivity contribution in [1.82, 2.24) is 0 Å². The van der Waals surface area contributed by atoms with Crippen molar-refractivity contribution in [3.8, 4) is 0 Å². The van der Waals surface area contributed by atoms with Gasteiger partial charge in [0.1, 0.15) is 6.29 Å². The van der Waals surface area contributed by atoms with Gasteiger partial charge >= 0.3 is 0 Å². The Balaban J connectivity index is 0. The van der Waals surface area contributed by atoms with Gasteiger partial charge in [-0.1, -0.05) is 114 Å². The van der Waals surface area contributed by atoms with Gasteiger partial charge in [0.2, 0.25) is 0 Å². The van der Waals surface area contributed by atoms with Crippen molar-refractivity contribution >= 4 is 6.29 Å². The van der Waals surface area contributed by atoms with E-state index in [1.807, 2.05) is 6.08 Å². The van der Waals surface area contributed by atoms with Crippen molar-refractivity contribution in [1.29, 1.82) is 0 Å². The average molecular weight is 421 g/mol. The zero-order valence-corrected chi connectivity index (χ0v) is 20.3. The fourth-order valence-corrected chi connectivity index (χ4v) is 3.16. The zero-order chi connectivity index (χ0) is 22.4. The molecule has 0 aromatic heterocycles. The monoisotopic (exact) mass is 420 g/mol. The number of rotatable bonds is 21. The van der Waals surface area contributed by atoms with Gasteiger partial charge in [-0.3, -0.25) is 0 Å². The van der Waals surface area contributed by atoms with E-state index in [1.54, 1.807) is 0 Å². The van der Waals surface area contributed by atoms with Crippen molar-refractivity contribution in [2.24, 2.45) is 0 Å². The quantitative estimate of drug-likeness (QED) is 0.0871. The highest BCUT2D eigenvalue weighted by Crippen LogP contribution is 2.09. The third kappa shape index (κ3) is 34.4. The summed E-state index contributed by atoms with van der Waals surface area (Å²) >= 11 is 0. The Morgan fingerprint density at radius 3 is 1.53 bits per heavy atom. The number of hydrogen-bond donors (Lipinski definition) is 1. The minimum Gasteiger partial charge on any atom is -0.396 e. The number of allylic oxidation sites excluding steroid dienone is 6. The summed E-state index contributed by atoms with van der Waals surface area (Å²) < 4.78 is 0. The van der Waals surface area contributed by atoms with Crippen LogP contribution in [0.1, 0.15) is 129 Å². The van der Waals surface area contributed by atoms with Crippen LogP contribution in [-0.4, -0.2) is 18.0 Å². The van der Waals surface area contributed by atoms with Crippen LogP contribution in [0.15, 0.2) is 36.5 Å². The minimum atomic E-state index is 0.362. The van der Waals surface area contributed by atoms with Crippen molar-refractivity contribution in [3.63, 3.8) is 0 Å². The highest BCUT2D eigenvalue weighted by Gasteiger charge is 1.90. The molecule has 0 rings (SSSR count). The lowest BCUT2D eigenvalue weighted by Gasteiger charge is -1.99. The molecule has 0 aliphatic carbocycles. The van der Waals surface area contributed by atoms with Gasteiger partial charge in [0.05, 0.1) is 0 Å². The molecule has 2 heteroatoms. The van der Waals surface area contributed by atoms with Crippen LogP contribution >= 0.6 is 0 Å². The van der Waals surface area contributed by atoms with Gasteiger partial charge in [0.25, 0.3) is 0 Å². The van der Waals surface area contributed by atoms with Gasteiger partial charge < -0.3 is 9.90 Å². The molecule has 0 aliphatic heterocycles. The van der Waals surface area contributed by atoms with Gasteiger partial charge in [-0.15, -0.1) is 0 Å². The molecular weight excluding hydrogens is 368 g/mol. The molecule has 0 amide bonds. The number of aliphatic hydroxyl groups excluding tert-OH is 1. The first-order valence-electron chi connectivity index (χ1n) is 12.8. The third-order valence-electron chi connectivity index (χ3n) is 5.07. The number of aliphatic hydroxyl groups is 1. The number of aldehydes is 1. The van der Waals surface area contributed by atoms with Crippen LogP contribution in [0.2, 0.25) is 0 Å². The molecule has 176 valence electrons. The van der Waals surface area contributed by atoms with Crippen molar-refractivity contribution in [2.75, 3.05) is 6.61 Å². The van der Waals surface area contributed by atoms with Crippen LogP contribution in [0.5, 0.6) is 0 Å². The summed E-state index contributed by atoms with van der Waals surface area (Å²) in [5.41, 5.74) is 0. The Morgan fingerprint density at radius 2 is 1.03 bits per heavy atom. The number of carbonyl (C=O) groups excluding carboxylic acids is 1. The first kappa shape index (κ1) is 31.0. The zero-order valence-electron chi connectivity index (χ0n) is 20.3. The van der Waals surface area contributed by atoms with Crippen LogP contribution in [0.4, 0.5) is 0 Å². The van der Waals surface area contributed by atoms with E-state index in [2.05, 4.69) is 44.2 Å². The molecule has 0 saturated carbocycles. The molecule has 2 nitrogen and oxygen atoms in total. The van der Waals surface area contributed by atoms with E-state index in [-0.39, 0.29) is 0 Å². The van der Waals surface area contributed by atoms with Crippen molar-refractivity contribution in [3.05, 3.63) is 36.5 Å². The summed E-state index contributed by atoms with van der Waals surface area (Å²) in [4.78, 5) is 10.1. The summed E-state index contributed by atoms with van der Waals surface area (Å²) in [5.74, 6) is 0. The Labute approximate surface area is 188 Å². The fraction of sp³-hybridized carbons (Fsp3) is 0.750. The molecule has 0 saturated heterocycles. The van der Waals surface area contributed by atoms with E-state index in [9.17, 15) is 4.79 Å². The molecule has 30 heavy (non-hydrogen) atoms. The fourth-order valence-electron chi connectivity index (χ4n) is 3.16. The van der Waals surface area contributed by atoms with Gasteiger partial charge in [-0.05, 0) is 45.4 Å². The molecule has 1 N–H and O–H groups in total. The lowest BCUT2D eigenvalue weighted by molar-refractivity contribution is -0.107. The highest BCUT2D eigenvalue weighted by atomic mass is 16.2. The lowest BCUT2D eigenvalue weighted by atomic mass is 10.1. The Hall–Kier alpha value is -1.15. The predicted molar refractivity (Wildman–Crippen MR) is 135 cm³/mol. The normalized spacial score (nSPS) is 11.4. The van der Waals surface area contributed by atoms with E-state index >= 15 is 0 Å². The maximum atomic E-state index is 10.1. The first-order chi connectivity index (χ1) is 14.8. The molecular formula is C28H52O2. The summed E-state index contributed by atoms with van der Waals surface area (Å²) in [6.07, 6.45) is 36.2. The number of unbranched alkanes of at least 4 members (excludes halogenated alkanes) is 15. The Bertz CT molecular complexity index is 382. The minimum absolute atomic E-state index is 0.362. The van der Waals surface area contributed by atoms with Gasteiger partial charge in [-0.2, -0.15) is 0 Å². The van der Waals surface area contributed by atoms with Crippen LogP contribution in [0.3, 0.4) is 0 Å². The highest BCUT2D eigenvalue weighted by molar-refractivity contribution is 5.49. The van der Waals surface area contributed by atoms with Crippen molar-refractivity contribution in [2.45, 2.75) is 129 Å². The summed E-state index contributed by atoms with van der Waals surface area (Å²) in [7, 11) is 0. The third-order valence-corrected chi connectivity index (χ3v) is 5.07. The molecule has 0 unspecified atom stereocenters. The topological polar surface area (TPSA) is 37.3 Å². The summed E-state index contributed by atoms with van der Waals surface area (Å²) in [5, 5.41) is 8.56. The second-order valence-electron chi connectivity index (χ2n) is 8.07. The van der Waals surface area contributed by atoms with Crippen molar-refractivity contribution < 1.29 is 9.90 Å². The van der Waals surface area contributed by atoms with E-state index < -0.39 is 0 Å². The van der Waals surface area contributed by atoms with E-state index in [1.165, 1.54) is 96.3 Å². The maximum absolute atomic E-state index is 10.1. The van der Waals surface area contributed by atoms with E-state index in [0.717, 1.165) is 19.1 Å². The first-order valence-corrected chi connectivity index (χ1v) is 12.8. The molecule has 0 spiro atoms. The summed E-state index contributed by atoms with van der Waals surface area (Å²) in [6, 6.07) is 0. The summed E-state index contributed by atoms with van der Waals surface area (Å²) in [6.45, 7) is 4.70. The van der Waals surface area contributed by atoms with Gasteiger partial charge in [0, 0.05) is 13.0 Å². The Kier molecular flexibility index (Phi) is 33.6. The smallest absolute Gasteiger partial charge is 0.120 e. The molecule has 0 aromatic carbocycles. The Morgan fingerprint density at radius 1 is 0.567 bits per heavy atom. The van der Waals surface area contributed by atoms with Gasteiger partial charge in [0.15, 0.2) is 0 Å². The predicted octanol–water partition coefficient (Wildman–Crippen LogP) is 8.89.